The summed E-state index contributed by atoms with van der Waals surface area (Å²) in [5, 5.41) is 4.73. The average molecular weight is 316 g/mol. The predicted octanol–water partition coefficient (Wildman–Crippen LogP) is 1.39. The van der Waals surface area contributed by atoms with E-state index in [1.165, 1.54) is 0 Å². The zero-order valence-electron chi connectivity index (χ0n) is 7.91. The van der Waals surface area contributed by atoms with Crippen LogP contribution in [0.1, 0.15) is 0 Å². The maximum atomic E-state index is 13.2. The van der Waals surface area contributed by atoms with E-state index >= 15 is 0 Å². The lowest BCUT2D eigenvalue weighted by Gasteiger charge is -2.08. The molecule has 2 N–H and O–H groups in total. The third-order valence-electron chi connectivity index (χ3n) is 1.58. The normalized spacial score (nSPS) is 11.5. The topological polar surface area (TPSA) is 69.4 Å². The minimum absolute atomic E-state index is 0.0689. The van der Waals surface area contributed by atoms with Crippen LogP contribution in [0.3, 0.4) is 0 Å². The number of hydrogen-bond acceptors (Lipinski definition) is 3. The van der Waals surface area contributed by atoms with Gasteiger partial charge < -0.3 is 4.74 Å². The van der Waals surface area contributed by atoms with Gasteiger partial charge in [-0.25, -0.2) is 22.3 Å². The number of rotatable bonds is 4. The Balaban J connectivity index is 2.75. The molecule has 0 heterocycles. The van der Waals surface area contributed by atoms with Gasteiger partial charge in [-0.3, -0.25) is 0 Å². The van der Waals surface area contributed by atoms with Gasteiger partial charge in [-0.1, -0.05) is 0 Å². The molecule has 8 heteroatoms. The van der Waals surface area contributed by atoms with E-state index in [4.69, 9.17) is 9.88 Å². The number of primary sulfonamides is 1. The fraction of sp³-hybridized carbons (Fsp3) is 0.250. The average Bonchev–Trinajstić information content (AvgIpc) is 2.07. The number of ether oxygens (including phenoxy) is 1. The molecular weight excluding hydrogens is 308 g/mol. The van der Waals surface area contributed by atoms with Gasteiger partial charge in [-0.2, -0.15) is 0 Å². The molecule has 0 saturated heterocycles. The monoisotopic (exact) mass is 315 g/mol. The number of nitrogens with two attached hydrogens (primary N) is 1. The lowest BCUT2D eigenvalue weighted by atomic mass is 10.3. The quantitative estimate of drug-likeness (QED) is 0.913. The molecule has 0 unspecified atom stereocenters. The summed E-state index contributed by atoms with van der Waals surface area (Å²) in [6, 6.07) is 1.65. The summed E-state index contributed by atoms with van der Waals surface area (Å²) in [5.41, 5.74) is 0. The van der Waals surface area contributed by atoms with Gasteiger partial charge in [0.2, 0.25) is 10.0 Å². The molecule has 0 aliphatic rings. The number of benzene rings is 1. The van der Waals surface area contributed by atoms with Crippen molar-refractivity contribution in [3.8, 4) is 5.75 Å². The fourth-order valence-electron chi connectivity index (χ4n) is 0.927. The van der Waals surface area contributed by atoms with E-state index in [0.717, 1.165) is 6.07 Å². The third kappa shape index (κ3) is 4.03. The molecule has 0 amide bonds. The van der Waals surface area contributed by atoms with E-state index in [9.17, 15) is 17.2 Å². The Morgan fingerprint density at radius 2 is 2.00 bits per heavy atom. The molecule has 1 rings (SSSR count). The molecule has 0 radical (unpaired) electrons. The Morgan fingerprint density at radius 3 is 2.50 bits per heavy atom. The first-order chi connectivity index (χ1) is 7.29. The summed E-state index contributed by atoms with van der Waals surface area (Å²) in [7, 11) is -3.66. The molecule has 0 aromatic heterocycles. The van der Waals surface area contributed by atoms with Gasteiger partial charge in [0.25, 0.3) is 0 Å². The van der Waals surface area contributed by atoms with Crippen LogP contribution in [0.25, 0.3) is 0 Å². The molecule has 1 aromatic rings. The molecule has 0 saturated carbocycles. The van der Waals surface area contributed by atoms with Crippen LogP contribution < -0.4 is 9.88 Å². The van der Waals surface area contributed by atoms with Gasteiger partial charge in [-0.15, -0.1) is 0 Å². The molecule has 90 valence electrons. The Morgan fingerprint density at radius 1 is 1.38 bits per heavy atom. The van der Waals surface area contributed by atoms with Crippen molar-refractivity contribution in [3.63, 3.8) is 0 Å². The van der Waals surface area contributed by atoms with Crippen molar-refractivity contribution in [1.29, 1.82) is 0 Å². The minimum Gasteiger partial charge on any atom is -0.488 e. The SMILES string of the molecule is NS(=O)(=O)CCOc1c(F)cc(F)cc1Br. The number of sulfonamides is 1. The molecule has 1 aromatic carbocycles. The van der Waals surface area contributed by atoms with Crippen LogP contribution in [-0.4, -0.2) is 20.8 Å². The number of halogens is 3. The molecule has 0 atom stereocenters. The van der Waals surface area contributed by atoms with Gasteiger partial charge in [-0.05, 0) is 22.0 Å². The second-order valence-corrected chi connectivity index (χ2v) is 5.50. The molecular formula is C8H8BrF2NO3S. The van der Waals surface area contributed by atoms with Crippen LogP contribution in [0.5, 0.6) is 5.75 Å². The second-order valence-electron chi connectivity index (χ2n) is 2.91. The summed E-state index contributed by atoms with van der Waals surface area (Å²) in [6.45, 7) is -0.306. The van der Waals surface area contributed by atoms with Crippen molar-refractivity contribution in [1.82, 2.24) is 0 Å². The van der Waals surface area contributed by atoms with E-state index in [1.54, 1.807) is 0 Å². The fourth-order valence-corrected chi connectivity index (χ4v) is 1.76. The van der Waals surface area contributed by atoms with E-state index in [1.807, 2.05) is 0 Å². The highest BCUT2D eigenvalue weighted by Crippen LogP contribution is 2.29. The molecule has 0 fully saturated rings. The van der Waals surface area contributed by atoms with Crippen LogP contribution in [0.15, 0.2) is 16.6 Å². The summed E-state index contributed by atoms with van der Waals surface area (Å²) in [6.07, 6.45) is 0. The van der Waals surface area contributed by atoms with Crippen LogP contribution in [0.4, 0.5) is 8.78 Å². The van der Waals surface area contributed by atoms with Crippen LogP contribution in [0.2, 0.25) is 0 Å². The van der Waals surface area contributed by atoms with Crippen LogP contribution in [0, 0.1) is 11.6 Å². The smallest absolute Gasteiger partial charge is 0.212 e. The van der Waals surface area contributed by atoms with Crippen LogP contribution in [-0.2, 0) is 10.0 Å². The van der Waals surface area contributed by atoms with Crippen molar-refractivity contribution in [2.75, 3.05) is 12.4 Å². The van der Waals surface area contributed by atoms with E-state index in [0.29, 0.717) is 6.07 Å². The standard InChI is InChI=1S/C8H8BrF2NO3S/c9-6-3-5(10)4-7(11)8(6)15-1-2-16(12,13)14/h3-4H,1-2H2,(H2,12,13,14). The van der Waals surface area contributed by atoms with Crippen molar-refractivity contribution in [3.05, 3.63) is 28.2 Å². The summed E-state index contributed by atoms with van der Waals surface area (Å²) >= 11 is 2.89. The highest BCUT2D eigenvalue weighted by atomic mass is 79.9. The Bertz CT molecular complexity index is 469. The zero-order chi connectivity index (χ0) is 12.3. The van der Waals surface area contributed by atoms with Gasteiger partial charge >= 0.3 is 0 Å². The third-order valence-corrected chi connectivity index (χ3v) is 2.90. The molecule has 0 aliphatic carbocycles. The van der Waals surface area contributed by atoms with Gasteiger partial charge in [0.15, 0.2) is 11.6 Å². The first kappa shape index (κ1) is 13.3. The lowest BCUT2D eigenvalue weighted by Crippen LogP contribution is -2.21. The highest BCUT2D eigenvalue weighted by molar-refractivity contribution is 9.10. The van der Waals surface area contributed by atoms with E-state index < -0.39 is 27.4 Å². The molecule has 0 bridgehead atoms. The van der Waals surface area contributed by atoms with E-state index in [2.05, 4.69) is 15.9 Å². The highest BCUT2D eigenvalue weighted by Gasteiger charge is 2.12. The molecule has 4 nitrogen and oxygen atoms in total. The van der Waals surface area contributed by atoms with Gasteiger partial charge in [0, 0.05) is 6.07 Å². The van der Waals surface area contributed by atoms with E-state index in [-0.39, 0.29) is 16.8 Å². The Labute approximate surface area is 99.6 Å². The van der Waals surface area contributed by atoms with Gasteiger partial charge in [0.1, 0.15) is 12.4 Å². The zero-order valence-corrected chi connectivity index (χ0v) is 10.3. The van der Waals surface area contributed by atoms with Crippen molar-refractivity contribution >= 4 is 26.0 Å². The second kappa shape index (κ2) is 5.07. The van der Waals surface area contributed by atoms with Crippen molar-refractivity contribution in [2.45, 2.75) is 0 Å². The van der Waals surface area contributed by atoms with Crippen molar-refractivity contribution in [2.24, 2.45) is 5.14 Å². The summed E-state index contributed by atoms with van der Waals surface area (Å²) in [5.74, 6) is -2.37. The largest absolute Gasteiger partial charge is 0.488 e. The molecule has 16 heavy (non-hydrogen) atoms. The molecule has 0 spiro atoms. The van der Waals surface area contributed by atoms with Gasteiger partial charge in [0.05, 0.1) is 10.2 Å². The lowest BCUT2D eigenvalue weighted by molar-refractivity contribution is 0.318. The predicted molar refractivity (Wildman–Crippen MR) is 57.5 cm³/mol. The maximum absolute atomic E-state index is 13.2. The Hall–Kier alpha value is -0.730. The molecule has 0 aliphatic heterocycles. The maximum Gasteiger partial charge on any atom is 0.212 e. The summed E-state index contributed by atoms with van der Waals surface area (Å²) < 4.78 is 51.9. The number of hydrogen-bond donors (Lipinski definition) is 1. The van der Waals surface area contributed by atoms with Crippen molar-refractivity contribution < 1.29 is 21.9 Å². The summed E-state index contributed by atoms with van der Waals surface area (Å²) in [4.78, 5) is 0. The minimum atomic E-state index is -3.66. The Kier molecular flexibility index (Phi) is 4.22. The van der Waals surface area contributed by atoms with Crippen LogP contribution >= 0.6 is 15.9 Å². The first-order valence-corrected chi connectivity index (χ1v) is 6.58. The first-order valence-electron chi connectivity index (χ1n) is 4.07.